The van der Waals surface area contributed by atoms with Crippen LogP contribution in [-0.2, 0) is 16.9 Å². The first-order chi connectivity index (χ1) is 10.7. The molecule has 1 aromatic carbocycles. The van der Waals surface area contributed by atoms with Gasteiger partial charge >= 0.3 is 6.18 Å². The Hall–Kier alpha value is -2.15. The molecule has 1 heterocycles. The zero-order chi connectivity index (χ0) is 17.3. The van der Waals surface area contributed by atoms with E-state index in [1.165, 1.54) is 6.07 Å². The van der Waals surface area contributed by atoms with Crippen molar-refractivity contribution in [3.63, 3.8) is 0 Å². The van der Waals surface area contributed by atoms with Crippen molar-refractivity contribution in [2.75, 3.05) is 0 Å². The summed E-state index contributed by atoms with van der Waals surface area (Å²) in [6, 6.07) is 4.41. The number of hydrogen-bond acceptors (Lipinski definition) is 4. The zero-order valence-corrected chi connectivity index (χ0v) is 12.8. The molecule has 0 aromatic heterocycles. The van der Waals surface area contributed by atoms with E-state index in [0.29, 0.717) is 17.7 Å². The summed E-state index contributed by atoms with van der Waals surface area (Å²) in [5.41, 5.74) is -1.43. The minimum Gasteiger partial charge on any atom is -0.439 e. The van der Waals surface area contributed by atoms with E-state index in [1.807, 2.05) is 0 Å². The summed E-state index contributed by atoms with van der Waals surface area (Å²) in [4.78, 5) is 3.67. The van der Waals surface area contributed by atoms with Crippen LogP contribution in [0.4, 0.5) is 13.2 Å². The molecular weight excluding hydrogens is 309 g/mol. The van der Waals surface area contributed by atoms with E-state index in [1.54, 1.807) is 25.1 Å². The molecule has 0 aliphatic carbocycles. The highest BCUT2D eigenvalue weighted by molar-refractivity contribution is 5.80. The van der Waals surface area contributed by atoms with Crippen LogP contribution in [0, 0.1) is 5.41 Å². The van der Waals surface area contributed by atoms with Gasteiger partial charge in [-0.25, -0.2) is 4.99 Å². The number of fused-ring (bicyclic) bond motifs is 1. The molecule has 1 N–H and O–H groups in total. The predicted octanol–water partition coefficient (Wildman–Crippen LogP) is 4.34. The number of alkyl halides is 3. The van der Waals surface area contributed by atoms with Crippen LogP contribution in [0.3, 0.4) is 0 Å². The lowest BCUT2D eigenvalue weighted by atomic mass is 9.93. The van der Waals surface area contributed by atoms with Gasteiger partial charge in [0, 0.05) is 17.7 Å². The molecule has 0 bridgehead atoms. The molecule has 7 heteroatoms. The van der Waals surface area contributed by atoms with Crippen molar-refractivity contribution in [2.45, 2.75) is 38.7 Å². The van der Waals surface area contributed by atoms with Gasteiger partial charge in [-0.05, 0) is 44.3 Å². The van der Waals surface area contributed by atoms with Crippen LogP contribution in [0.2, 0.25) is 0 Å². The predicted molar refractivity (Wildman–Crippen MR) is 80.9 cm³/mol. The Labute approximate surface area is 132 Å². The first-order valence-electron chi connectivity index (χ1n) is 6.90. The molecule has 0 spiro atoms. The standard InChI is InChI=1S/C16H17F3N2O2/c1-10(20)4-7-14(21-3)23-12-6-5-11-9-22-15(2,13(11)8-12)16(17,18)19/h5-8,20H,3-4,9H2,1-2H3/b14-7+,20-10?. The van der Waals surface area contributed by atoms with Gasteiger partial charge in [-0.1, -0.05) is 6.07 Å². The van der Waals surface area contributed by atoms with Crippen LogP contribution >= 0.6 is 0 Å². The number of hydrogen-bond donors (Lipinski definition) is 1. The minimum absolute atomic E-state index is 0.0362. The number of aliphatic imine (C=N–C) groups is 1. The first-order valence-corrected chi connectivity index (χ1v) is 6.90. The largest absolute Gasteiger partial charge is 0.439 e. The highest BCUT2D eigenvalue weighted by Crippen LogP contribution is 2.48. The van der Waals surface area contributed by atoms with E-state index in [-0.39, 0.29) is 23.8 Å². The number of nitrogens with one attached hydrogen (secondary N) is 1. The Bertz CT molecular complexity index is 668. The Balaban J connectivity index is 2.31. The highest BCUT2D eigenvalue weighted by atomic mass is 19.4. The van der Waals surface area contributed by atoms with Gasteiger partial charge in [0.2, 0.25) is 5.88 Å². The van der Waals surface area contributed by atoms with Gasteiger partial charge in [0.25, 0.3) is 0 Å². The highest BCUT2D eigenvalue weighted by Gasteiger charge is 2.57. The van der Waals surface area contributed by atoms with Gasteiger partial charge in [0.05, 0.1) is 6.61 Å². The Morgan fingerprint density at radius 2 is 2.22 bits per heavy atom. The molecule has 2 rings (SSSR count). The zero-order valence-electron chi connectivity index (χ0n) is 12.8. The van der Waals surface area contributed by atoms with Crippen molar-refractivity contribution in [1.29, 1.82) is 5.41 Å². The number of ether oxygens (including phenoxy) is 2. The molecule has 1 aliphatic heterocycles. The van der Waals surface area contributed by atoms with Gasteiger partial charge in [0.1, 0.15) is 5.75 Å². The summed E-state index contributed by atoms with van der Waals surface area (Å²) in [5, 5.41) is 7.36. The molecule has 0 saturated heterocycles. The Morgan fingerprint density at radius 3 is 2.78 bits per heavy atom. The molecule has 0 fully saturated rings. The van der Waals surface area contributed by atoms with Crippen LogP contribution in [0.15, 0.2) is 35.2 Å². The summed E-state index contributed by atoms with van der Waals surface area (Å²) in [6.07, 6.45) is -2.66. The molecule has 0 saturated carbocycles. The van der Waals surface area contributed by atoms with E-state index < -0.39 is 11.8 Å². The van der Waals surface area contributed by atoms with E-state index in [9.17, 15) is 13.2 Å². The maximum atomic E-state index is 13.3. The summed E-state index contributed by atoms with van der Waals surface area (Å²) < 4.78 is 50.2. The molecule has 124 valence electrons. The first kappa shape index (κ1) is 17.2. The lowest BCUT2D eigenvalue weighted by Gasteiger charge is -2.27. The molecule has 0 radical (unpaired) electrons. The lowest BCUT2D eigenvalue weighted by Crippen LogP contribution is -2.38. The molecule has 0 amide bonds. The van der Waals surface area contributed by atoms with Gasteiger partial charge < -0.3 is 14.9 Å². The third kappa shape index (κ3) is 3.44. The fraction of sp³-hybridized carbons (Fsp3) is 0.375. The normalized spacial score (nSPS) is 21.0. The smallest absolute Gasteiger partial charge is 0.421 e. The van der Waals surface area contributed by atoms with Crippen LogP contribution in [0.1, 0.15) is 31.4 Å². The summed E-state index contributed by atoms with van der Waals surface area (Å²) in [5.74, 6) is 0.357. The molecule has 1 unspecified atom stereocenters. The minimum atomic E-state index is -4.52. The molecule has 4 nitrogen and oxygen atoms in total. The lowest BCUT2D eigenvalue weighted by molar-refractivity contribution is -0.272. The summed E-state index contributed by atoms with van der Waals surface area (Å²) in [7, 11) is 0. The van der Waals surface area contributed by atoms with Gasteiger partial charge in [-0.3, -0.25) is 0 Å². The number of benzene rings is 1. The quantitative estimate of drug-likeness (QED) is 0.646. The van der Waals surface area contributed by atoms with Crippen LogP contribution in [0.25, 0.3) is 0 Å². The maximum Gasteiger partial charge on any atom is 0.421 e. The maximum absolute atomic E-state index is 13.3. The van der Waals surface area contributed by atoms with Crippen LogP contribution < -0.4 is 4.74 Å². The second kappa shape index (κ2) is 6.16. The number of rotatable bonds is 5. The average Bonchev–Trinajstić information content (AvgIpc) is 2.81. The molecule has 1 aliphatic rings. The molecular formula is C16H17F3N2O2. The van der Waals surface area contributed by atoms with Crippen molar-refractivity contribution in [1.82, 2.24) is 0 Å². The van der Waals surface area contributed by atoms with Gasteiger partial charge in [-0.2, -0.15) is 13.2 Å². The van der Waals surface area contributed by atoms with Crippen LogP contribution in [-0.4, -0.2) is 18.6 Å². The van der Waals surface area contributed by atoms with Crippen LogP contribution in [0.5, 0.6) is 5.75 Å². The van der Waals surface area contributed by atoms with Crippen molar-refractivity contribution < 1.29 is 22.6 Å². The Kier molecular flexibility index (Phi) is 4.61. The van der Waals surface area contributed by atoms with Gasteiger partial charge in [0.15, 0.2) is 5.60 Å². The van der Waals surface area contributed by atoms with Crippen molar-refractivity contribution in [3.05, 3.63) is 41.3 Å². The SMILES string of the molecule is C=N/C(=C\CC(C)=N)Oc1ccc2c(c1)C(C)(C(F)(F)F)OC2. The fourth-order valence-corrected chi connectivity index (χ4v) is 2.22. The average molecular weight is 326 g/mol. The second-order valence-corrected chi connectivity index (χ2v) is 5.43. The van der Waals surface area contributed by atoms with Crippen molar-refractivity contribution in [2.24, 2.45) is 4.99 Å². The monoisotopic (exact) mass is 326 g/mol. The molecule has 23 heavy (non-hydrogen) atoms. The molecule has 1 aromatic rings. The van der Waals surface area contributed by atoms with E-state index >= 15 is 0 Å². The van der Waals surface area contributed by atoms with Crippen molar-refractivity contribution in [3.8, 4) is 5.75 Å². The number of nitrogens with zero attached hydrogens (tertiary/aromatic N) is 1. The summed E-state index contributed by atoms with van der Waals surface area (Å²) >= 11 is 0. The fourth-order valence-electron chi connectivity index (χ4n) is 2.22. The third-order valence-corrected chi connectivity index (χ3v) is 3.61. The van der Waals surface area contributed by atoms with Gasteiger partial charge in [-0.15, -0.1) is 0 Å². The number of allylic oxidation sites excluding steroid dienone is 1. The van der Waals surface area contributed by atoms with E-state index in [4.69, 9.17) is 14.9 Å². The van der Waals surface area contributed by atoms with E-state index in [2.05, 4.69) is 11.7 Å². The van der Waals surface area contributed by atoms with Crippen molar-refractivity contribution >= 4 is 12.4 Å². The Morgan fingerprint density at radius 1 is 1.52 bits per heavy atom. The molecule has 1 atom stereocenters. The second-order valence-electron chi connectivity index (χ2n) is 5.43. The number of halogens is 3. The third-order valence-electron chi connectivity index (χ3n) is 3.61. The summed E-state index contributed by atoms with van der Waals surface area (Å²) in [6.45, 7) is 5.89. The topological polar surface area (TPSA) is 54.7 Å². The van der Waals surface area contributed by atoms with E-state index in [0.717, 1.165) is 6.92 Å².